The maximum Gasteiger partial charge on any atom is 0.242 e. The third-order valence-corrected chi connectivity index (χ3v) is 4.24. The van der Waals surface area contributed by atoms with Crippen molar-refractivity contribution in [1.29, 1.82) is 0 Å². The van der Waals surface area contributed by atoms with Gasteiger partial charge in [0.05, 0.1) is 12.1 Å². The average molecular weight is 347 g/mol. The van der Waals surface area contributed by atoms with Crippen LogP contribution in [0, 0.1) is 0 Å². The number of hydrogen-bond donors (Lipinski definition) is 1. The summed E-state index contributed by atoms with van der Waals surface area (Å²) in [6.07, 6.45) is 4.49. The Morgan fingerprint density at radius 2 is 1.91 bits per heavy atom. The lowest BCUT2D eigenvalue weighted by molar-refractivity contribution is -0.135. The molecule has 4 nitrogen and oxygen atoms in total. The molecule has 0 aliphatic heterocycles. The lowest BCUT2D eigenvalue weighted by Crippen LogP contribution is -2.52. The van der Waals surface area contributed by atoms with Gasteiger partial charge >= 0.3 is 0 Å². The molecular formula is C16H24Cl2N2O2. The van der Waals surface area contributed by atoms with Crippen LogP contribution in [0.1, 0.15) is 32.1 Å². The van der Waals surface area contributed by atoms with Crippen molar-refractivity contribution in [3.8, 4) is 5.75 Å². The molecule has 1 fully saturated rings. The number of hydrogen-bond acceptors (Lipinski definition) is 3. The first-order chi connectivity index (χ1) is 10.0. The van der Waals surface area contributed by atoms with Crippen LogP contribution in [0.5, 0.6) is 5.75 Å². The van der Waals surface area contributed by atoms with Crippen LogP contribution in [0.4, 0.5) is 0 Å². The molecule has 0 spiro atoms. The summed E-state index contributed by atoms with van der Waals surface area (Å²) < 4.78 is 5.61. The molecule has 0 heterocycles. The number of nitrogens with zero attached hydrogens (tertiary/aromatic N) is 1. The first-order valence-corrected chi connectivity index (χ1v) is 7.82. The monoisotopic (exact) mass is 346 g/mol. The molecular weight excluding hydrogens is 323 g/mol. The second-order valence-corrected chi connectivity index (χ2v) is 6.18. The summed E-state index contributed by atoms with van der Waals surface area (Å²) in [5.74, 6) is 0.853. The molecule has 0 bridgehead atoms. The smallest absolute Gasteiger partial charge is 0.242 e. The summed E-state index contributed by atoms with van der Waals surface area (Å²) in [6.45, 7) is 1.22. The van der Waals surface area contributed by atoms with E-state index in [4.69, 9.17) is 22.1 Å². The fourth-order valence-corrected chi connectivity index (χ4v) is 2.85. The van der Waals surface area contributed by atoms with Gasteiger partial charge in [0, 0.05) is 18.6 Å². The first kappa shape index (κ1) is 19.1. The summed E-state index contributed by atoms with van der Waals surface area (Å²) >= 11 is 5.81. The van der Waals surface area contributed by atoms with Crippen molar-refractivity contribution in [3.05, 3.63) is 29.3 Å². The Balaban J connectivity index is 0.00000242. The summed E-state index contributed by atoms with van der Waals surface area (Å²) in [7, 11) is 1.82. The molecule has 22 heavy (non-hydrogen) atoms. The maximum absolute atomic E-state index is 12.3. The zero-order valence-corrected chi connectivity index (χ0v) is 14.5. The molecule has 2 rings (SSSR count). The third-order valence-electron chi connectivity index (χ3n) is 3.99. The number of amides is 1. The van der Waals surface area contributed by atoms with Gasteiger partial charge in [0.25, 0.3) is 0 Å². The number of nitrogens with two attached hydrogens (primary N) is 1. The molecule has 2 N–H and O–H groups in total. The van der Waals surface area contributed by atoms with Crippen molar-refractivity contribution in [3.63, 3.8) is 0 Å². The van der Waals surface area contributed by atoms with E-state index in [1.807, 2.05) is 19.2 Å². The quantitative estimate of drug-likeness (QED) is 0.804. The number of carbonyl (C=O) groups excluding carboxylic acids is 1. The van der Waals surface area contributed by atoms with E-state index < -0.39 is 5.54 Å². The molecule has 1 saturated carbocycles. The van der Waals surface area contributed by atoms with Crippen molar-refractivity contribution >= 4 is 29.9 Å². The average Bonchev–Trinajstić information content (AvgIpc) is 2.92. The van der Waals surface area contributed by atoms with Crippen molar-refractivity contribution < 1.29 is 9.53 Å². The Morgan fingerprint density at radius 3 is 2.50 bits per heavy atom. The predicted octanol–water partition coefficient (Wildman–Crippen LogP) is 3.26. The van der Waals surface area contributed by atoms with Gasteiger partial charge in [-0.1, -0.05) is 24.4 Å². The highest BCUT2D eigenvalue weighted by molar-refractivity contribution is 6.30. The van der Waals surface area contributed by atoms with Crippen molar-refractivity contribution in [2.45, 2.75) is 37.6 Å². The number of rotatable bonds is 6. The van der Waals surface area contributed by atoms with Gasteiger partial charge in [0.1, 0.15) is 5.75 Å². The Labute approximate surface area is 143 Å². The summed E-state index contributed by atoms with van der Waals surface area (Å²) in [5.41, 5.74) is 5.54. The van der Waals surface area contributed by atoms with E-state index in [2.05, 4.69) is 0 Å². The van der Waals surface area contributed by atoms with Gasteiger partial charge in [-0.05, 0) is 43.5 Å². The molecule has 0 radical (unpaired) electrons. The van der Waals surface area contributed by atoms with E-state index in [0.29, 0.717) is 18.2 Å². The topological polar surface area (TPSA) is 55.6 Å². The highest BCUT2D eigenvalue weighted by Crippen LogP contribution is 2.28. The van der Waals surface area contributed by atoms with E-state index >= 15 is 0 Å². The Kier molecular flexibility index (Phi) is 7.46. The molecule has 0 unspecified atom stereocenters. The molecule has 124 valence electrons. The van der Waals surface area contributed by atoms with Gasteiger partial charge in [0.15, 0.2) is 0 Å². The van der Waals surface area contributed by atoms with Gasteiger partial charge in [0.2, 0.25) is 5.91 Å². The first-order valence-electron chi connectivity index (χ1n) is 7.44. The lowest BCUT2D eigenvalue weighted by Gasteiger charge is -2.28. The van der Waals surface area contributed by atoms with Gasteiger partial charge < -0.3 is 15.4 Å². The lowest BCUT2D eigenvalue weighted by atomic mass is 9.97. The van der Waals surface area contributed by atoms with Gasteiger partial charge in [-0.3, -0.25) is 4.79 Å². The molecule has 1 amide bonds. The molecule has 1 aromatic rings. The van der Waals surface area contributed by atoms with Crippen LogP contribution in [-0.2, 0) is 4.79 Å². The van der Waals surface area contributed by atoms with Crippen LogP contribution in [0.2, 0.25) is 5.02 Å². The molecule has 0 atom stereocenters. The fraction of sp³-hybridized carbons (Fsp3) is 0.562. The van der Waals surface area contributed by atoms with Crippen molar-refractivity contribution in [2.24, 2.45) is 5.73 Å². The van der Waals surface area contributed by atoms with Crippen molar-refractivity contribution in [1.82, 2.24) is 4.90 Å². The van der Waals surface area contributed by atoms with Crippen LogP contribution in [0.15, 0.2) is 24.3 Å². The van der Waals surface area contributed by atoms with E-state index in [1.165, 1.54) is 0 Å². The minimum Gasteiger partial charge on any atom is -0.494 e. The standard InChI is InChI=1S/C16H23ClN2O2.ClH/c1-19(15(20)16(18)9-2-3-10-16)11-4-12-21-14-7-5-13(17)6-8-14;/h5-8H,2-4,9-12,18H2,1H3;1H. The second kappa shape index (κ2) is 8.61. The minimum absolute atomic E-state index is 0. The van der Waals surface area contributed by atoms with Crippen molar-refractivity contribution in [2.75, 3.05) is 20.2 Å². The molecule has 0 aromatic heterocycles. The summed E-state index contributed by atoms with van der Waals surface area (Å²) in [4.78, 5) is 14.0. The van der Waals surface area contributed by atoms with E-state index in [1.54, 1.807) is 17.0 Å². The Bertz CT molecular complexity index is 474. The largest absolute Gasteiger partial charge is 0.494 e. The van der Waals surface area contributed by atoms with Crippen LogP contribution < -0.4 is 10.5 Å². The molecule has 1 aliphatic carbocycles. The predicted molar refractivity (Wildman–Crippen MR) is 91.8 cm³/mol. The number of carbonyl (C=O) groups is 1. The number of benzene rings is 1. The molecule has 6 heteroatoms. The van der Waals surface area contributed by atoms with Crippen LogP contribution in [0.3, 0.4) is 0 Å². The minimum atomic E-state index is -0.633. The number of likely N-dealkylation sites (N-methyl/N-ethyl adjacent to an activating group) is 1. The van der Waals surface area contributed by atoms with Crippen LogP contribution in [-0.4, -0.2) is 36.5 Å². The maximum atomic E-state index is 12.3. The SMILES string of the molecule is CN(CCCOc1ccc(Cl)cc1)C(=O)C1(N)CCCC1.Cl. The highest BCUT2D eigenvalue weighted by Gasteiger charge is 2.38. The Hall–Kier alpha value is -0.970. The van der Waals surface area contributed by atoms with Crippen LogP contribution in [0.25, 0.3) is 0 Å². The molecule has 1 aliphatic rings. The Morgan fingerprint density at radius 1 is 1.32 bits per heavy atom. The van der Waals surface area contributed by atoms with E-state index in [-0.39, 0.29) is 18.3 Å². The third kappa shape index (κ3) is 5.04. The highest BCUT2D eigenvalue weighted by atomic mass is 35.5. The number of ether oxygens (including phenoxy) is 1. The van der Waals surface area contributed by atoms with Crippen LogP contribution >= 0.6 is 24.0 Å². The zero-order valence-electron chi connectivity index (χ0n) is 12.9. The normalized spacial score (nSPS) is 16.0. The summed E-state index contributed by atoms with van der Waals surface area (Å²) in [6, 6.07) is 7.27. The van der Waals surface area contributed by atoms with Gasteiger partial charge in [-0.25, -0.2) is 0 Å². The van der Waals surface area contributed by atoms with Gasteiger partial charge in [-0.15, -0.1) is 12.4 Å². The molecule has 0 saturated heterocycles. The summed E-state index contributed by atoms with van der Waals surface area (Å²) in [5, 5.41) is 0.692. The zero-order chi connectivity index (χ0) is 15.3. The molecule has 1 aromatic carbocycles. The number of halogens is 2. The van der Waals surface area contributed by atoms with E-state index in [0.717, 1.165) is 37.9 Å². The fourth-order valence-electron chi connectivity index (χ4n) is 2.72. The van der Waals surface area contributed by atoms with E-state index in [9.17, 15) is 4.79 Å². The van der Waals surface area contributed by atoms with Gasteiger partial charge in [-0.2, -0.15) is 0 Å². The second-order valence-electron chi connectivity index (χ2n) is 5.75.